The Balaban J connectivity index is 1.76. The second kappa shape index (κ2) is 2.78. The third-order valence-corrected chi connectivity index (χ3v) is 3.09. The van der Waals surface area contributed by atoms with Gasteiger partial charge in [-0.25, -0.2) is 0 Å². The van der Waals surface area contributed by atoms with Gasteiger partial charge in [0.05, 0.1) is 0 Å². The number of nitrogens with one attached hydrogen (secondary N) is 1. The van der Waals surface area contributed by atoms with Gasteiger partial charge in [-0.05, 0) is 43.6 Å². The average Bonchev–Trinajstić information content (AvgIpc) is 2.64. The predicted octanol–water partition coefficient (Wildman–Crippen LogP) is 2.03. The summed E-state index contributed by atoms with van der Waals surface area (Å²) in [5.41, 5.74) is 0. The summed E-state index contributed by atoms with van der Waals surface area (Å²) in [6.45, 7) is 5.95. The number of rotatable bonds is 3. The Morgan fingerprint density at radius 2 is 2.09 bits per heavy atom. The van der Waals surface area contributed by atoms with Gasteiger partial charge in [0, 0.05) is 6.04 Å². The van der Waals surface area contributed by atoms with Crippen LogP contribution in [0.3, 0.4) is 0 Å². The Kier molecular flexibility index (Phi) is 1.92. The maximum absolute atomic E-state index is 3.55. The molecule has 1 heterocycles. The molecule has 2 unspecified atom stereocenters. The third-order valence-electron chi connectivity index (χ3n) is 3.09. The molecule has 0 aromatic carbocycles. The highest BCUT2D eigenvalue weighted by Gasteiger charge is 2.41. The zero-order chi connectivity index (χ0) is 7.84. The lowest BCUT2D eigenvalue weighted by Crippen LogP contribution is -2.54. The van der Waals surface area contributed by atoms with E-state index in [4.69, 9.17) is 0 Å². The fraction of sp³-hybridized carbons (Fsp3) is 1.00. The van der Waals surface area contributed by atoms with Crippen LogP contribution in [-0.2, 0) is 0 Å². The lowest BCUT2D eigenvalue weighted by molar-refractivity contribution is 0.177. The second-order valence-electron chi connectivity index (χ2n) is 4.65. The van der Waals surface area contributed by atoms with E-state index in [9.17, 15) is 0 Å². The molecule has 0 bridgehead atoms. The molecule has 1 aliphatic carbocycles. The molecule has 2 rings (SSSR count). The third kappa shape index (κ3) is 1.58. The zero-order valence-electron chi connectivity index (χ0n) is 7.64. The van der Waals surface area contributed by atoms with Crippen molar-refractivity contribution in [3.63, 3.8) is 0 Å². The van der Waals surface area contributed by atoms with Crippen LogP contribution in [0.15, 0.2) is 0 Å². The fourth-order valence-corrected chi connectivity index (χ4v) is 2.21. The molecule has 1 N–H and O–H groups in total. The molecule has 1 saturated heterocycles. The average molecular weight is 153 g/mol. The molecule has 2 aliphatic rings. The van der Waals surface area contributed by atoms with Crippen molar-refractivity contribution in [3.8, 4) is 0 Å². The predicted molar refractivity (Wildman–Crippen MR) is 47.5 cm³/mol. The van der Waals surface area contributed by atoms with Crippen LogP contribution in [0.25, 0.3) is 0 Å². The molecule has 1 nitrogen and oxygen atoms in total. The minimum Gasteiger partial charge on any atom is -0.313 e. The fourth-order valence-electron chi connectivity index (χ4n) is 2.21. The molecule has 64 valence electrons. The van der Waals surface area contributed by atoms with Crippen LogP contribution >= 0.6 is 0 Å². The first-order chi connectivity index (χ1) is 5.27. The number of hydrogen-bond acceptors (Lipinski definition) is 1. The van der Waals surface area contributed by atoms with Crippen molar-refractivity contribution in [2.24, 2.45) is 17.8 Å². The van der Waals surface area contributed by atoms with Crippen molar-refractivity contribution in [1.29, 1.82) is 0 Å². The van der Waals surface area contributed by atoms with E-state index in [0.29, 0.717) is 0 Å². The summed E-state index contributed by atoms with van der Waals surface area (Å²) in [6, 6.07) is 0.877. The van der Waals surface area contributed by atoms with Gasteiger partial charge < -0.3 is 5.32 Å². The van der Waals surface area contributed by atoms with Crippen LogP contribution in [0.4, 0.5) is 0 Å². The number of hydrogen-bond donors (Lipinski definition) is 1. The lowest BCUT2D eigenvalue weighted by atomic mass is 9.82. The summed E-state index contributed by atoms with van der Waals surface area (Å²) >= 11 is 0. The van der Waals surface area contributed by atoms with E-state index >= 15 is 0 Å². The molecule has 1 saturated carbocycles. The van der Waals surface area contributed by atoms with Gasteiger partial charge in [-0.3, -0.25) is 0 Å². The summed E-state index contributed by atoms with van der Waals surface area (Å²) in [4.78, 5) is 0. The van der Waals surface area contributed by atoms with Crippen LogP contribution in [0.2, 0.25) is 0 Å². The van der Waals surface area contributed by atoms with Gasteiger partial charge >= 0.3 is 0 Å². The topological polar surface area (TPSA) is 12.0 Å². The summed E-state index contributed by atoms with van der Waals surface area (Å²) in [7, 11) is 0. The van der Waals surface area contributed by atoms with Crippen molar-refractivity contribution in [3.05, 3.63) is 0 Å². The molecule has 2 fully saturated rings. The molecule has 0 amide bonds. The molecule has 0 aromatic heterocycles. The van der Waals surface area contributed by atoms with Crippen molar-refractivity contribution in [1.82, 2.24) is 5.32 Å². The van der Waals surface area contributed by atoms with Crippen LogP contribution in [0.5, 0.6) is 0 Å². The highest BCUT2D eigenvalue weighted by Crippen LogP contribution is 2.42. The molecule has 1 aliphatic heterocycles. The van der Waals surface area contributed by atoms with Gasteiger partial charge in [0.1, 0.15) is 0 Å². The van der Waals surface area contributed by atoms with Crippen LogP contribution < -0.4 is 5.32 Å². The molecule has 1 heteroatoms. The molecule has 0 aromatic rings. The highest BCUT2D eigenvalue weighted by atomic mass is 15.0. The van der Waals surface area contributed by atoms with Crippen LogP contribution in [0.1, 0.15) is 33.1 Å². The van der Waals surface area contributed by atoms with Crippen LogP contribution in [-0.4, -0.2) is 12.6 Å². The Morgan fingerprint density at radius 3 is 2.45 bits per heavy atom. The Hall–Kier alpha value is -0.0400. The van der Waals surface area contributed by atoms with Gasteiger partial charge in [-0.15, -0.1) is 0 Å². The SMILES string of the molecule is CC(C)CC1NCC1C1CC1. The lowest BCUT2D eigenvalue weighted by Gasteiger charge is -2.39. The van der Waals surface area contributed by atoms with Crippen molar-refractivity contribution in [2.75, 3.05) is 6.54 Å². The normalized spacial score (nSPS) is 37.4. The van der Waals surface area contributed by atoms with E-state index in [1.807, 2.05) is 0 Å². The van der Waals surface area contributed by atoms with Crippen molar-refractivity contribution >= 4 is 0 Å². The standard InChI is InChI=1S/C10H19N/c1-7(2)5-10-9(6-11-10)8-3-4-8/h7-11H,3-6H2,1-2H3. The van der Waals surface area contributed by atoms with Gasteiger partial charge in [0.15, 0.2) is 0 Å². The van der Waals surface area contributed by atoms with E-state index in [2.05, 4.69) is 19.2 Å². The van der Waals surface area contributed by atoms with E-state index in [0.717, 1.165) is 23.8 Å². The van der Waals surface area contributed by atoms with Crippen molar-refractivity contribution in [2.45, 2.75) is 39.2 Å². The maximum Gasteiger partial charge on any atom is 0.0113 e. The van der Waals surface area contributed by atoms with E-state index in [1.165, 1.54) is 25.8 Å². The first kappa shape index (κ1) is 7.60. The van der Waals surface area contributed by atoms with E-state index < -0.39 is 0 Å². The quantitative estimate of drug-likeness (QED) is 0.654. The maximum atomic E-state index is 3.55. The Bertz CT molecular complexity index is 138. The summed E-state index contributed by atoms with van der Waals surface area (Å²) in [6.07, 6.45) is 4.42. The first-order valence-electron chi connectivity index (χ1n) is 5.00. The van der Waals surface area contributed by atoms with Gasteiger partial charge in [0.2, 0.25) is 0 Å². The first-order valence-corrected chi connectivity index (χ1v) is 5.00. The summed E-state index contributed by atoms with van der Waals surface area (Å²) in [5.74, 6) is 3.03. The summed E-state index contributed by atoms with van der Waals surface area (Å²) in [5, 5.41) is 3.55. The molecule has 11 heavy (non-hydrogen) atoms. The Morgan fingerprint density at radius 1 is 1.36 bits per heavy atom. The molecule has 0 spiro atoms. The largest absolute Gasteiger partial charge is 0.313 e. The van der Waals surface area contributed by atoms with Crippen molar-refractivity contribution < 1.29 is 0 Å². The monoisotopic (exact) mass is 153 g/mol. The Labute approximate surface area is 69.6 Å². The van der Waals surface area contributed by atoms with Gasteiger partial charge in [0.25, 0.3) is 0 Å². The molecular weight excluding hydrogens is 134 g/mol. The molecule has 0 radical (unpaired) electrons. The van der Waals surface area contributed by atoms with E-state index in [-0.39, 0.29) is 0 Å². The molecular formula is C10H19N. The minimum atomic E-state index is 0.869. The summed E-state index contributed by atoms with van der Waals surface area (Å²) < 4.78 is 0. The smallest absolute Gasteiger partial charge is 0.0113 e. The highest BCUT2D eigenvalue weighted by molar-refractivity contribution is 4.97. The van der Waals surface area contributed by atoms with Crippen LogP contribution in [0, 0.1) is 17.8 Å². The second-order valence-corrected chi connectivity index (χ2v) is 4.65. The zero-order valence-corrected chi connectivity index (χ0v) is 7.64. The van der Waals surface area contributed by atoms with E-state index in [1.54, 1.807) is 0 Å². The molecule has 2 atom stereocenters. The van der Waals surface area contributed by atoms with Gasteiger partial charge in [-0.2, -0.15) is 0 Å². The minimum absolute atomic E-state index is 0.869. The van der Waals surface area contributed by atoms with Gasteiger partial charge in [-0.1, -0.05) is 13.8 Å².